The van der Waals surface area contributed by atoms with Gasteiger partial charge in [0.1, 0.15) is 5.82 Å². The molecule has 0 unspecified atom stereocenters. The molecule has 4 rings (SSSR count). The first kappa shape index (κ1) is 15.0. The summed E-state index contributed by atoms with van der Waals surface area (Å²) in [4.78, 5) is 8.96. The number of nitrogens with zero attached hydrogens (tertiary/aromatic N) is 3. The average molecular weight is 325 g/mol. The lowest BCUT2D eigenvalue weighted by Crippen LogP contribution is -1.90. The molecule has 25 heavy (non-hydrogen) atoms. The second kappa shape index (κ2) is 6.14. The molecule has 0 atom stereocenters. The van der Waals surface area contributed by atoms with E-state index in [-0.39, 0.29) is 5.82 Å². The normalized spacial score (nSPS) is 10.6. The lowest BCUT2D eigenvalue weighted by Gasteiger charge is -2.05. The molecular weight excluding hydrogens is 313 g/mol. The quantitative estimate of drug-likeness (QED) is 0.522. The molecule has 0 aliphatic heterocycles. The third kappa shape index (κ3) is 2.96. The molecule has 0 amide bonds. The van der Waals surface area contributed by atoms with E-state index in [0.717, 1.165) is 27.6 Å². The van der Waals surface area contributed by atoms with Gasteiger partial charge in [-0.3, -0.25) is 0 Å². The van der Waals surface area contributed by atoms with Crippen LogP contribution in [0, 0.1) is 17.1 Å². The van der Waals surface area contributed by atoms with Gasteiger partial charge in [0.15, 0.2) is 5.82 Å². The fourth-order valence-corrected chi connectivity index (χ4v) is 2.70. The SMILES string of the molecule is N#Cc1ccc2nc(-c3ccc(-c4ccc(F)cc4)cc3)ncc2c1. The Morgan fingerprint density at radius 3 is 2.12 bits per heavy atom. The molecule has 0 fully saturated rings. The molecule has 3 aromatic carbocycles. The van der Waals surface area contributed by atoms with E-state index >= 15 is 0 Å². The lowest BCUT2D eigenvalue weighted by atomic mass is 10.0. The van der Waals surface area contributed by atoms with E-state index in [4.69, 9.17) is 5.26 Å². The highest BCUT2D eigenvalue weighted by molar-refractivity contribution is 5.81. The van der Waals surface area contributed by atoms with Crippen LogP contribution in [0.3, 0.4) is 0 Å². The van der Waals surface area contributed by atoms with Crippen molar-refractivity contribution in [2.45, 2.75) is 0 Å². The summed E-state index contributed by atoms with van der Waals surface area (Å²) in [5.41, 5.74) is 4.25. The predicted octanol–water partition coefficient (Wildman–Crippen LogP) is 4.97. The zero-order valence-electron chi connectivity index (χ0n) is 13.1. The zero-order chi connectivity index (χ0) is 17.2. The van der Waals surface area contributed by atoms with Crippen molar-refractivity contribution >= 4 is 10.9 Å². The number of hydrogen-bond donors (Lipinski definition) is 0. The Bertz CT molecular complexity index is 1090. The van der Waals surface area contributed by atoms with Crippen LogP contribution in [0.25, 0.3) is 33.4 Å². The molecule has 118 valence electrons. The van der Waals surface area contributed by atoms with E-state index in [1.165, 1.54) is 12.1 Å². The van der Waals surface area contributed by atoms with E-state index in [2.05, 4.69) is 16.0 Å². The molecule has 0 saturated heterocycles. The number of fused-ring (bicyclic) bond motifs is 1. The zero-order valence-corrected chi connectivity index (χ0v) is 13.1. The highest BCUT2D eigenvalue weighted by Crippen LogP contribution is 2.24. The highest BCUT2D eigenvalue weighted by Gasteiger charge is 2.05. The van der Waals surface area contributed by atoms with E-state index in [1.54, 1.807) is 30.5 Å². The molecule has 0 saturated carbocycles. The van der Waals surface area contributed by atoms with Crippen LogP contribution in [0.1, 0.15) is 5.56 Å². The number of rotatable bonds is 2. The summed E-state index contributed by atoms with van der Waals surface area (Å²) < 4.78 is 13.0. The van der Waals surface area contributed by atoms with Gasteiger partial charge in [0.25, 0.3) is 0 Å². The minimum absolute atomic E-state index is 0.246. The van der Waals surface area contributed by atoms with E-state index in [9.17, 15) is 4.39 Å². The molecule has 4 heteroatoms. The molecule has 0 N–H and O–H groups in total. The fourth-order valence-electron chi connectivity index (χ4n) is 2.70. The van der Waals surface area contributed by atoms with Gasteiger partial charge in [-0.1, -0.05) is 36.4 Å². The van der Waals surface area contributed by atoms with Crippen molar-refractivity contribution < 1.29 is 4.39 Å². The highest BCUT2D eigenvalue weighted by atomic mass is 19.1. The van der Waals surface area contributed by atoms with E-state index < -0.39 is 0 Å². The van der Waals surface area contributed by atoms with Crippen LogP contribution in [0.4, 0.5) is 4.39 Å². The molecular formula is C21H12FN3. The summed E-state index contributed by atoms with van der Waals surface area (Å²) in [6, 6.07) is 21.7. The maximum absolute atomic E-state index is 13.0. The second-order valence-corrected chi connectivity index (χ2v) is 5.66. The van der Waals surface area contributed by atoms with Crippen molar-refractivity contribution in [3.8, 4) is 28.6 Å². The van der Waals surface area contributed by atoms with Gasteiger partial charge in [0, 0.05) is 17.1 Å². The summed E-state index contributed by atoms with van der Waals surface area (Å²) >= 11 is 0. The molecule has 0 radical (unpaired) electrons. The third-order valence-electron chi connectivity index (χ3n) is 4.03. The van der Waals surface area contributed by atoms with E-state index in [1.807, 2.05) is 30.3 Å². The molecule has 0 bridgehead atoms. The molecule has 0 aliphatic rings. The standard InChI is InChI=1S/C21H12FN3/c22-19-8-6-16(7-9-19)15-2-4-17(5-3-15)21-24-13-18-11-14(12-23)1-10-20(18)25-21/h1-11,13H. The van der Waals surface area contributed by atoms with Crippen LogP contribution < -0.4 is 0 Å². The first-order valence-corrected chi connectivity index (χ1v) is 7.76. The Hall–Kier alpha value is -3.58. The third-order valence-corrected chi connectivity index (χ3v) is 4.03. The van der Waals surface area contributed by atoms with Gasteiger partial charge in [-0.05, 0) is 41.5 Å². The van der Waals surface area contributed by atoms with Crippen LogP contribution in [0.2, 0.25) is 0 Å². The molecule has 0 spiro atoms. The summed E-state index contributed by atoms with van der Waals surface area (Å²) in [6.45, 7) is 0. The van der Waals surface area contributed by atoms with Crippen molar-refractivity contribution in [1.82, 2.24) is 9.97 Å². The summed E-state index contributed by atoms with van der Waals surface area (Å²) in [6.07, 6.45) is 1.73. The van der Waals surface area contributed by atoms with Gasteiger partial charge in [-0.15, -0.1) is 0 Å². The molecule has 3 nitrogen and oxygen atoms in total. The van der Waals surface area contributed by atoms with Crippen molar-refractivity contribution in [3.63, 3.8) is 0 Å². The minimum Gasteiger partial charge on any atom is -0.236 e. The smallest absolute Gasteiger partial charge is 0.159 e. The van der Waals surface area contributed by atoms with Crippen molar-refractivity contribution in [1.29, 1.82) is 5.26 Å². The van der Waals surface area contributed by atoms with Gasteiger partial charge in [0.05, 0.1) is 17.1 Å². The molecule has 4 aromatic rings. The van der Waals surface area contributed by atoms with Crippen molar-refractivity contribution in [2.24, 2.45) is 0 Å². The first-order chi connectivity index (χ1) is 12.2. The minimum atomic E-state index is -0.246. The van der Waals surface area contributed by atoms with Gasteiger partial charge in [0.2, 0.25) is 0 Å². The number of nitriles is 1. The monoisotopic (exact) mass is 325 g/mol. The van der Waals surface area contributed by atoms with Gasteiger partial charge >= 0.3 is 0 Å². The number of aromatic nitrogens is 2. The van der Waals surface area contributed by atoms with Crippen LogP contribution >= 0.6 is 0 Å². The summed E-state index contributed by atoms with van der Waals surface area (Å²) in [5.74, 6) is 0.382. The Balaban J connectivity index is 1.69. The number of halogens is 1. The van der Waals surface area contributed by atoms with Crippen LogP contribution in [-0.2, 0) is 0 Å². The first-order valence-electron chi connectivity index (χ1n) is 7.76. The Morgan fingerprint density at radius 2 is 1.44 bits per heavy atom. The predicted molar refractivity (Wildman–Crippen MR) is 95.1 cm³/mol. The van der Waals surface area contributed by atoms with Crippen LogP contribution in [0.15, 0.2) is 72.9 Å². The number of benzene rings is 3. The summed E-state index contributed by atoms with van der Waals surface area (Å²) in [5, 5.41) is 9.79. The van der Waals surface area contributed by atoms with Crippen LogP contribution in [0.5, 0.6) is 0 Å². The topological polar surface area (TPSA) is 49.6 Å². The maximum atomic E-state index is 13.0. The Morgan fingerprint density at radius 1 is 0.800 bits per heavy atom. The lowest BCUT2D eigenvalue weighted by molar-refractivity contribution is 0.628. The van der Waals surface area contributed by atoms with Crippen molar-refractivity contribution in [2.75, 3.05) is 0 Å². The molecule has 0 aliphatic carbocycles. The van der Waals surface area contributed by atoms with E-state index in [0.29, 0.717) is 11.4 Å². The fraction of sp³-hybridized carbons (Fsp3) is 0. The number of hydrogen-bond acceptors (Lipinski definition) is 3. The second-order valence-electron chi connectivity index (χ2n) is 5.66. The van der Waals surface area contributed by atoms with Gasteiger partial charge in [-0.2, -0.15) is 5.26 Å². The maximum Gasteiger partial charge on any atom is 0.159 e. The van der Waals surface area contributed by atoms with Gasteiger partial charge in [-0.25, -0.2) is 14.4 Å². The molecule has 1 aromatic heterocycles. The molecule has 1 heterocycles. The Kier molecular flexibility index (Phi) is 3.68. The average Bonchev–Trinajstić information content (AvgIpc) is 2.68. The largest absolute Gasteiger partial charge is 0.236 e. The van der Waals surface area contributed by atoms with Crippen LogP contribution in [-0.4, -0.2) is 9.97 Å². The summed E-state index contributed by atoms with van der Waals surface area (Å²) in [7, 11) is 0. The van der Waals surface area contributed by atoms with Gasteiger partial charge < -0.3 is 0 Å². The van der Waals surface area contributed by atoms with Crippen molar-refractivity contribution in [3.05, 3.63) is 84.3 Å². The Labute approximate surface area is 144 Å².